The predicted octanol–water partition coefficient (Wildman–Crippen LogP) is 4.42. The lowest BCUT2D eigenvalue weighted by molar-refractivity contribution is -0.159. The standard InChI is InChI=1S/2C21H24ClN3O3.C2H2O4/c2*1-13(2)19(23)21(28)24-18(26)12-25(3)17-10-9-15(22)11-16(17)20(27)14-7-5-4-6-8-14;3-1(4)2(5)6/h2*4-11,13,19H,12,23H2,1-3H3,(H,24,26,28);(H,3,4)(H,5,6)/t2*19-;/m00./s1. The van der Waals surface area contributed by atoms with Crippen molar-refractivity contribution < 1.29 is 48.6 Å². The van der Waals surface area contributed by atoms with Gasteiger partial charge in [-0.05, 0) is 48.2 Å². The summed E-state index contributed by atoms with van der Waals surface area (Å²) < 4.78 is 0. The van der Waals surface area contributed by atoms with E-state index < -0.39 is 47.7 Å². The van der Waals surface area contributed by atoms with E-state index in [0.29, 0.717) is 43.7 Å². The van der Waals surface area contributed by atoms with Crippen LogP contribution in [-0.2, 0) is 28.8 Å². The average Bonchev–Trinajstić information content (AvgIpc) is 3.23. The first-order valence-electron chi connectivity index (χ1n) is 18.9. The molecule has 330 valence electrons. The average molecular weight is 894 g/mol. The fourth-order valence-electron chi connectivity index (χ4n) is 5.26. The topological polar surface area (TPSA) is 260 Å². The molecule has 0 saturated heterocycles. The normalized spacial score (nSPS) is 11.4. The second-order valence-electron chi connectivity index (χ2n) is 14.4. The van der Waals surface area contributed by atoms with Gasteiger partial charge >= 0.3 is 11.9 Å². The van der Waals surface area contributed by atoms with Gasteiger partial charge in [0, 0.05) is 57.8 Å². The number of anilines is 2. The molecule has 4 aromatic carbocycles. The second-order valence-corrected chi connectivity index (χ2v) is 15.3. The van der Waals surface area contributed by atoms with Crippen molar-refractivity contribution in [1.29, 1.82) is 0 Å². The monoisotopic (exact) mass is 892 g/mol. The highest BCUT2D eigenvalue weighted by atomic mass is 35.5. The zero-order valence-corrected chi connectivity index (χ0v) is 36.4. The van der Waals surface area contributed by atoms with Crippen LogP contribution in [-0.4, -0.2) is 96.6 Å². The summed E-state index contributed by atoms with van der Waals surface area (Å²) in [5, 5.41) is 20.2. The van der Waals surface area contributed by atoms with Gasteiger partial charge in [0.15, 0.2) is 11.6 Å². The van der Waals surface area contributed by atoms with Crippen molar-refractivity contribution in [1.82, 2.24) is 10.6 Å². The van der Waals surface area contributed by atoms with E-state index in [1.165, 1.54) is 0 Å². The minimum atomic E-state index is -1.82. The van der Waals surface area contributed by atoms with E-state index in [-0.39, 0.29) is 36.5 Å². The maximum absolute atomic E-state index is 12.9. The minimum absolute atomic E-state index is 0.0862. The first-order valence-corrected chi connectivity index (χ1v) is 19.7. The van der Waals surface area contributed by atoms with Crippen LogP contribution in [0.5, 0.6) is 0 Å². The number of rotatable bonds is 14. The first kappa shape index (κ1) is 51.7. The van der Waals surface area contributed by atoms with Crippen molar-refractivity contribution in [2.75, 3.05) is 37.0 Å². The summed E-state index contributed by atoms with van der Waals surface area (Å²) in [4.78, 5) is 95.6. The Morgan fingerprint density at radius 1 is 0.548 bits per heavy atom. The number of likely N-dealkylation sites (N-methyl/N-ethyl adjacent to an activating group) is 2. The summed E-state index contributed by atoms with van der Waals surface area (Å²) in [6.45, 7) is 6.97. The van der Waals surface area contributed by atoms with E-state index in [2.05, 4.69) is 10.6 Å². The van der Waals surface area contributed by atoms with E-state index >= 15 is 0 Å². The molecule has 4 aromatic rings. The van der Waals surface area contributed by atoms with Crippen molar-refractivity contribution >= 4 is 81.7 Å². The molecule has 16 nitrogen and oxygen atoms in total. The Bertz CT molecular complexity index is 2080. The third kappa shape index (κ3) is 16.2. The molecule has 4 rings (SSSR count). The van der Waals surface area contributed by atoms with Crippen molar-refractivity contribution in [3.05, 3.63) is 129 Å². The molecule has 0 bridgehead atoms. The van der Waals surface area contributed by atoms with Crippen LogP contribution in [0.1, 0.15) is 59.5 Å². The zero-order valence-electron chi connectivity index (χ0n) is 34.9. The summed E-state index contributed by atoms with van der Waals surface area (Å²) in [7, 11) is 3.33. The molecule has 8 N–H and O–H groups in total. The lowest BCUT2D eigenvalue weighted by atomic mass is 10.0. The van der Waals surface area contributed by atoms with Crippen molar-refractivity contribution in [3.8, 4) is 0 Å². The Labute approximate surface area is 369 Å². The van der Waals surface area contributed by atoms with E-state index in [1.54, 1.807) is 137 Å². The second kappa shape index (κ2) is 24.7. The molecule has 62 heavy (non-hydrogen) atoms. The number of aliphatic carboxylic acids is 2. The summed E-state index contributed by atoms with van der Waals surface area (Å²) >= 11 is 12.2. The summed E-state index contributed by atoms with van der Waals surface area (Å²) in [5.41, 5.74) is 14.4. The van der Waals surface area contributed by atoms with Crippen LogP contribution in [0.3, 0.4) is 0 Å². The Kier molecular flexibility index (Phi) is 20.6. The Morgan fingerprint density at radius 3 is 1.13 bits per heavy atom. The fraction of sp³-hybridized carbons (Fsp3) is 0.273. The Morgan fingerprint density at radius 2 is 0.855 bits per heavy atom. The predicted molar refractivity (Wildman–Crippen MR) is 236 cm³/mol. The molecule has 18 heteroatoms. The number of carboxylic acid groups (broad SMARTS) is 2. The number of nitrogens with zero attached hydrogens (tertiary/aromatic N) is 2. The van der Waals surface area contributed by atoms with E-state index in [1.807, 2.05) is 12.1 Å². The number of carboxylic acids is 2. The van der Waals surface area contributed by atoms with Crippen molar-refractivity contribution in [2.24, 2.45) is 23.3 Å². The highest BCUT2D eigenvalue weighted by molar-refractivity contribution is 6.32. The number of carbonyl (C=O) groups is 8. The molecule has 4 amide bonds. The SMILES string of the molecule is CC(C)[C@H](N)C(=O)NC(=O)CN(C)c1ccc(Cl)cc1C(=O)c1ccccc1.CC(C)[C@H](N)C(=O)NC(=O)CN(C)c1ccc(Cl)cc1C(=O)c1ccccc1.O=C(O)C(=O)O. The number of carbonyl (C=O) groups excluding carboxylic acids is 6. The fourth-order valence-corrected chi connectivity index (χ4v) is 5.61. The molecule has 0 aromatic heterocycles. The molecule has 0 aliphatic rings. The number of hydrogen-bond donors (Lipinski definition) is 6. The number of nitrogens with one attached hydrogen (secondary N) is 2. The van der Waals surface area contributed by atoms with Gasteiger partial charge in [0.25, 0.3) is 0 Å². The van der Waals surface area contributed by atoms with Gasteiger partial charge in [-0.2, -0.15) is 0 Å². The third-order valence-electron chi connectivity index (χ3n) is 8.81. The number of imide groups is 2. The van der Waals surface area contributed by atoms with Gasteiger partial charge in [-0.3, -0.25) is 39.4 Å². The maximum Gasteiger partial charge on any atom is 0.414 e. The maximum atomic E-state index is 12.9. The van der Waals surface area contributed by atoms with Crippen LogP contribution in [0.15, 0.2) is 97.1 Å². The lowest BCUT2D eigenvalue weighted by Gasteiger charge is -2.22. The summed E-state index contributed by atoms with van der Waals surface area (Å²) in [6, 6.07) is 25.9. The highest BCUT2D eigenvalue weighted by Crippen LogP contribution is 2.27. The molecule has 2 atom stereocenters. The largest absolute Gasteiger partial charge is 0.473 e. The van der Waals surface area contributed by atoms with E-state index in [9.17, 15) is 28.8 Å². The molecule has 0 spiro atoms. The highest BCUT2D eigenvalue weighted by Gasteiger charge is 2.24. The smallest absolute Gasteiger partial charge is 0.414 e. The van der Waals surface area contributed by atoms with E-state index in [0.717, 1.165) is 0 Å². The van der Waals surface area contributed by atoms with Crippen LogP contribution in [0.25, 0.3) is 0 Å². The molecular formula is C44H50Cl2N6O10. The Hall–Kier alpha value is -6.46. The number of halogens is 2. The quantitative estimate of drug-likeness (QED) is 0.0757. The molecule has 0 aliphatic carbocycles. The van der Waals surface area contributed by atoms with Crippen LogP contribution < -0.4 is 31.9 Å². The van der Waals surface area contributed by atoms with Gasteiger partial charge in [0.05, 0.1) is 25.2 Å². The number of amides is 4. The molecule has 0 saturated carbocycles. The Balaban J connectivity index is 0.000000377. The number of nitrogens with two attached hydrogens (primary N) is 2. The van der Waals surface area contributed by atoms with Crippen LogP contribution >= 0.6 is 23.2 Å². The summed E-state index contributed by atoms with van der Waals surface area (Å²) in [5.74, 6) is -6.28. The third-order valence-corrected chi connectivity index (χ3v) is 9.28. The lowest BCUT2D eigenvalue weighted by Crippen LogP contribution is -2.48. The molecule has 0 heterocycles. The van der Waals surface area contributed by atoms with E-state index in [4.69, 9.17) is 54.5 Å². The number of benzene rings is 4. The van der Waals surface area contributed by atoms with Gasteiger partial charge in [0.2, 0.25) is 23.6 Å². The molecule has 0 fully saturated rings. The van der Waals surface area contributed by atoms with Crippen LogP contribution in [0, 0.1) is 11.8 Å². The number of ketones is 2. The van der Waals surface area contributed by atoms with Crippen molar-refractivity contribution in [2.45, 2.75) is 39.8 Å². The minimum Gasteiger partial charge on any atom is -0.473 e. The number of hydrogen-bond acceptors (Lipinski definition) is 12. The first-order chi connectivity index (χ1) is 29.0. The zero-order chi connectivity index (χ0) is 46.8. The van der Waals surface area contributed by atoms with Gasteiger partial charge < -0.3 is 31.5 Å². The van der Waals surface area contributed by atoms with Gasteiger partial charge in [-0.15, -0.1) is 0 Å². The van der Waals surface area contributed by atoms with Gasteiger partial charge in [-0.25, -0.2) is 9.59 Å². The van der Waals surface area contributed by atoms with Gasteiger partial charge in [-0.1, -0.05) is 112 Å². The molecule has 0 aliphatic heterocycles. The van der Waals surface area contributed by atoms with Crippen LogP contribution in [0.4, 0.5) is 11.4 Å². The summed E-state index contributed by atoms with van der Waals surface area (Å²) in [6.07, 6.45) is 0. The molecule has 0 unspecified atom stereocenters. The van der Waals surface area contributed by atoms with Crippen molar-refractivity contribution in [3.63, 3.8) is 0 Å². The molecular weight excluding hydrogens is 843 g/mol. The molecule has 0 radical (unpaired) electrons. The van der Waals surface area contributed by atoms with Gasteiger partial charge in [0.1, 0.15) is 0 Å². The van der Waals surface area contributed by atoms with Crippen LogP contribution in [0.2, 0.25) is 10.0 Å².